The van der Waals surface area contributed by atoms with Crippen LogP contribution < -0.4 is 10.4 Å². The Balaban J connectivity index is 2.41. The molecule has 0 aliphatic rings. The maximum Gasteiger partial charge on any atom is 0.261 e. The Morgan fingerprint density at radius 3 is 1.84 bits per heavy atom. The van der Waals surface area contributed by atoms with Crippen molar-refractivity contribution in [2.45, 2.75) is 45.6 Å². The van der Waals surface area contributed by atoms with Crippen molar-refractivity contribution in [3.63, 3.8) is 0 Å². The summed E-state index contributed by atoms with van der Waals surface area (Å²) in [4.78, 5) is 0. The highest BCUT2D eigenvalue weighted by Crippen LogP contribution is 2.36. The minimum absolute atomic E-state index is 0.0357. The van der Waals surface area contributed by atoms with Crippen molar-refractivity contribution in [3.05, 3.63) is 71.8 Å². The molecule has 0 atom stereocenters. The van der Waals surface area contributed by atoms with Gasteiger partial charge < -0.3 is 4.43 Å². The molecule has 134 valence electrons. The third kappa shape index (κ3) is 4.84. The maximum atomic E-state index is 6.81. The number of hydrogen-bond acceptors (Lipinski definition) is 1. The van der Waals surface area contributed by atoms with Gasteiger partial charge in [0.25, 0.3) is 8.32 Å². The van der Waals surface area contributed by atoms with E-state index in [-0.39, 0.29) is 5.04 Å². The fourth-order valence-corrected chi connectivity index (χ4v) is 8.09. The van der Waals surface area contributed by atoms with Gasteiger partial charge in [0.2, 0.25) is 0 Å². The monoisotopic (exact) mass is 372 g/mol. The molecule has 2 rings (SSSR count). The van der Waals surface area contributed by atoms with Crippen LogP contribution in [-0.2, 0) is 4.43 Å². The van der Waals surface area contributed by atoms with Gasteiger partial charge in [-0.3, -0.25) is 0 Å². The second kappa shape index (κ2) is 8.84. The molecule has 0 unspecified atom stereocenters. The van der Waals surface area contributed by atoms with E-state index in [1.165, 1.54) is 10.4 Å². The summed E-state index contributed by atoms with van der Waals surface area (Å²) in [5.41, 5.74) is 0. The molecule has 0 heterocycles. The van der Waals surface area contributed by atoms with E-state index >= 15 is 0 Å². The lowest BCUT2D eigenvalue weighted by Crippen LogP contribution is -2.66. The van der Waals surface area contributed by atoms with Crippen molar-refractivity contribution in [2.75, 3.05) is 6.61 Å². The molecular weight excluding hydrogens is 344 g/mol. The Morgan fingerprint density at radius 1 is 0.960 bits per heavy atom. The predicted octanol–water partition coefficient (Wildman–Crippen LogP) is 5.49. The molecule has 25 heavy (non-hydrogen) atoms. The van der Waals surface area contributed by atoms with Crippen molar-refractivity contribution in [1.29, 1.82) is 0 Å². The average molecular weight is 373 g/mol. The second-order valence-corrected chi connectivity index (χ2v) is 12.3. The van der Waals surface area contributed by atoms with E-state index in [0.717, 1.165) is 24.5 Å². The van der Waals surface area contributed by atoms with Crippen LogP contribution >= 0.6 is 11.6 Å². The van der Waals surface area contributed by atoms with Gasteiger partial charge in [0.15, 0.2) is 0 Å². The zero-order valence-corrected chi connectivity index (χ0v) is 17.5. The lowest BCUT2D eigenvalue weighted by molar-refractivity contribution is 0.293. The summed E-state index contributed by atoms with van der Waals surface area (Å²) in [6, 6.07) is 21.5. The minimum Gasteiger partial charge on any atom is -0.407 e. The third-order valence-corrected chi connectivity index (χ3v) is 9.71. The first kappa shape index (κ1) is 20.0. The van der Waals surface area contributed by atoms with Crippen LogP contribution in [0.4, 0.5) is 0 Å². The fourth-order valence-electron chi connectivity index (χ4n) is 3.37. The van der Waals surface area contributed by atoms with Crippen molar-refractivity contribution in [1.82, 2.24) is 0 Å². The van der Waals surface area contributed by atoms with Crippen molar-refractivity contribution in [3.8, 4) is 0 Å². The third-order valence-electron chi connectivity index (χ3n) is 4.51. The molecule has 0 bridgehead atoms. The number of halogens is 1. The van der Waals surface area contributed by atoms with E-state index in [4.69, 9.17) is 16.0 Å². The van der Waals surface area contributed by atoms with Crippen LogP contribution in [0, 0.1) is 0 Å². The molecule has 0 saturated carbocycles. The molecule has 1 nitrogen and oxygen atoms in total. The molecule has 2 aromatic rings. The second-order valence-electron chi connectivity index (χ2n) is 7.44. The highest BCUT2D eigenvalue weighted by Gasteiger charge is 2.49. The maximum absolute atomic E-state index is 6.81. The molecule has 0 saturated heterocycles. The van der Waals surface area contributed by atoms with Crippen molar-refractivity contribution >= 4 is 30.3 Å². The Kier molecular flexibility index (Phi) is 7.06. The first-order chi connectivity index (χ1) is 11.9. The molecular formula is C22H29ClOSi. The van der Waals surface area contributed by atoms with Gasteiger partial charge in [-0.1, -0.05) is 99.1 Å². The Hall–Kier alpha value is -1.35. The zero-order chi connectivity index (χ0) is 18.3. The van der Waals surface area contributed by atoms with E-state index in [1.807, 2.05) is 6.92 Å². The normalized spacial score (nSPS) is 13.1. The Bertz CT molecular complexity index is 631. The van der Waals surface area contributed by atoms with Crippen LogP contribution in [0.5, 0.6) is 0 Å². The topological polar surface area (TPSA) is 9.23 Å². The molecule has 0 radical (unpaired) electrons. The van der Waals surface area contributed by atoms with Crippen LogP contribution in [0.3, 0.4) is 0 Å². The standard InChI is InChI=1S/C22H29ClOSi/c1-19(23)13-11-12-18-24-25(22(2,3)4,20-14-7-5-8-15-20)21-16-9-6-10-17-21/h5-10,13-17H,11-12,18H2,1-4H3/b19-13+. The predicted molar refractivity (Wildman–Crippen MR) is 112 cm³/mol. The summed E-state index contributed by atoms with van der Waals surface area (Å²) in [5.74, 6) is 0. The summed E-state index contributed by atoms with van der Waals surface area (Å²) >= 11 is 5.94. The number of allylic oxidation sites excluding steroid dienone is 2. The van der Waals surface area contributed by atoms with Crippen LogP contribution in [0.2, 0.25) is 5.04 Å². The van der Waals surface area contributed by atoms with E-state index in [0.29, 0.717) is 0 Å². The number of benzene rings is 2. The van der Waals surface area contributed by atoms with Crippen molar-refractivity contribution < 1.29 is 4.43 Å². The quantitative estimate of drug-likeness (QED) is 0.461. The molecule has 0 spiro atoms. The molecule has 2 aromatic carbocycles. The fraction of sp³-hybridized carbons (Fsp3) is 0.364. The van der Waals surface area contributed by atoms with E-state index in [2.05, 4.69) is 87.5 Å². The van der Waals surface area contributed by atoms with Crippen LogP contribution in [-0.4, -0.2) is 14.9 Å². The van der Waals surface area contributed by atoms with Gasteiger partial charge in [-0.05, 0) is 35.2 Å². The zero-order valence-electron chi connectivity index (χ0n) is 15.8. The first-order valence-electron chi connectivity index (χ1n) is 8.95. The largest absolute Gasteiger partial charge is 0.407 e. The Labute approximate surface area is 158 Å². The molecule has 0 aromatic heterocycles. The average Bonchev–Trinajstić information content (AvgIpc) is 2.58. The van der Waals surface area contributed by atoms with Gasteiger partial charge in [-0.2, -0.15) is 0 Å². The van der Waals surface area contributed by atoms with Crippen LogP contribution in [0.1, 0.15) is 40.5 Å². The highest BCUT2D eigenvalue weighted by atomic mass is 35.5. The molecule has 0 fully saturated rings. The minimum atomic E-state index is -2.38. The SMILES string of the molecule is C/C(Cl)=C\CCCO[Si](c1ccccc1)(c1ccccc1)C(C)(C)C. The van der Waals surface area contributed by atoms with Gasteiger partial charge in [-0.15, -0.1) is 0 Å². The van der Waals surface area contributed by atoms with Crippen LogP contribution in [0.25, 0.3) is 0 Å². The van der Waals surface area contributed by atoms with Gasteiger partial charge in [0.1, 0.15) is 0 Å². The van der Waals surface area contributed by atoms with Gasteiger partial charge >= 0.3 is 0 Å². The molecule has 3 heteroatoms. The molecule has 0 aliphatic carbocycles. The lowest BCUT2D eigenvalue weighted by Gasteiger charge is -2.43. The number of rotatable bonds is 7. The molecule has 0 amide bonds. The number of unbranched alkanes of at least 4 members (excludes halogenated alkanes) is 1. The van der Waals surface area contributed by atoms with E-state index in [9.17, 15) is 0 Å². The van der Waals surface area contributed by atoms with E-state index < -0.39 is 8.32 Å². The van der Waals surface area contributed by atoms with Gasteiger partial charge in [0.05, 0.1) is 0 Å². The lowest BCUT2D eigenvalue weighted by atomic mass is 10.2. The van der Waals surface area contributed by atoms with E-state index in [1.54, 1.807) is 0 Å². The number of hydrogen-bond donors (Lipinski definition) is 0. The smallest absolute Gasteiger partial charge is 0.261 e. The van der Waals surface area contributed by atoms with Gasteiger partial charge in [-0.25, -0.2) is 0 Å². The summed E-state index contributed by atoms with van der Waals surface area (Å²) < 4.78 is 6.81. The summed E-state index contributed by atoms with van der Waals surface area (Å²) in [6.07, 6.45) is 4.00. The Morgan fingerprint density at radius 2 is 1.44 bits per heavy atom. The van der Waals surface area contributed by atoms with Gasteiger partial charge in [0, 0.05) is 11.6 Å². The molecule has 0 aliphatic heterocycles. The van der Waals surface area contributed by atoms with Crippen LogP contribution in [0.15, 0.2) is 71.8 Å². The summed E-state index contributed by atoms with van der Waals surface area (Å²) in [6.45, 7) is 9.59. The highest BCUT2D eigenvalue weighted by molar-refractivity contribution is 6.99. The first-order valence-corrected chi connectivity index (χ1v) is 11.2. The van der Waals surface area contributed by atoms with Crippen molar-refractivity contribution in [2.24, 2.45) is 0 Å². The summed E-state index contributed by atoms with van der Waals surface area (Å²) in [5, 5.41) is 3.55. The molecule has 0 N–H and O–H groups in total. The summed E-state index contributed by atoms with van der Waals surface area (Å²) in [7, 11) is -2.38.